The molecular weight excluding hydrogens is 476 g/mol. The number of benzodiazepines with no additional fused rings is 1. The molecule has 0 radical (unpaired) electrons. The van der Waals surface area contributed by atoms with Gasteiger partial charge in [0, 0.05) is 29.5 Å². The van der Waals surface area contributed by atoms with Crippen LogP contribution in [0.5, 0.6) is 0 Å². The summed E-state index contributed by atoms with van der Waals surface area (Å²) in [7, 11) is 0. The monoisotopic (exact) mass is 516 g/mol. The summed E-state index contributed by atoms with van der Waals surface area (Å²) in [6.07, 6.45) is 3.96. The number of nitrogens with zero attached hydrogens (tertiary/aromatic N) is 2. The van der Waals surface area contributed by atoms with E-state index < -0.39 is 23.9 Å². The Morgan fingerprint density at radius 1 is 1.05 bits per heavy atom. The van der Waals surface area contributed by atoms with Crippen molar-refractivity contribution in [1.29, 1.82) is 0 Å². The first-order valence-electron chi connectivity index (χ1n) is 13.9. The van der Waals surface area contributed by atoms with Gasteiger partial charge in [-0.15, -0.1) is 0 Å². The van der Waals surface area contributed by atoms with Crippen molar-refractivity contribution in [3.63, 3.8) is 0 Å². The zero-order valence-corrected chi connectivity index (χ0v) is 22.7. The smallest absolute Gasteiger partial charge is 0.272 e. The molecule has 3 amide bonds. The van der Waals surface area contributed by atoms with E-state index in [0.717, 1.165) is 29.7 Å². The molecule has 2 aromatic rings. The first-order valence-corrected chi connectivity index (χ1v) is 13.9. The molecule has 3 atom stereocenters. The number of carbonyl (C=O) groups excluding carboxylic acids is 3. The number of amides is 3. The lowest BCUT2D eigenvalue weighted by Gasteiger charge is -2.28. The Bertz CT molecular complexity index is 1170. The van der Waals surface area contributed by atoms with Gasteiger partial charge in [-0.2, -0.15) is 0 Å². The molecular formula is C31H40N4O3. The van der Waals surface area contributed by atoms with Crippen LogP contribution >= 0.6 is 0 Å². The highest BCUT2D eigenvalue weighted by molar-refractivity contribution is 6.20. The van der Waals surface area contributed by atoms with Crippen LogP contribution < -0.4 is 16.0 Å². The molecule has 4 rings (SSSR count). The third kappa shape index (κ3) is 6.50. The second-order valence-electron chi connectivity index (χ2n) is 11.0. The van der Waals surface area contributed by atoms with Crippen molar-refractivity contribution in [3.05, 3.63) is 65.7 Å². The largest absolute Gasteiger partial charge is 0.369 e. The van der Waals surface area contributed by atoms with Gasteiger partial charge in [0.2, 0.25) is 18.0 Å². The van der Waals surface area contributed by atoms with Crippen LogP contribution in [0.3, 0.4) is 0 Å². The maximum absolute atomic E-state index is 14.0. The molecule has 2 aromatic carbocycles. The van der Waals surface area contributed by atoms with E-state index in [1.807, 2.05) is 75.4 Å². The maximum atomic E-state index is 14.0. The van der Waals surface area contributed by atoms with Crippen LogP contribution in [-0.2, 0) is 14.4 Å². The second-order valence-corrected chi connectivity index (χ2v) is 11.0. The predicted octanol–water partition coefficient (Wildman–Crippen LogP) is 4.68. The van der Waals surface area contributed by atoms with Crippen molar-refractivity contribution in [2.24, 2.45) is 34.4 Å². The standard InChI is InChI=1S/C31H40N4O3/c1-4-10-23(28(32)36)25(19-20(2)3)30(37)34-29-31(38)35(18-17-21-15-16-21)26-14-9-8-13-24(26)27(33-29)22-11-6-5-7-12-22/h5-9,11-14,20-21,23,25,29H,4,10,15-19H2,1-3H3,(H2,32,36)(H,34,37)/t23-,25+,29?/m0/s1. The third-order valence-electron chi connectivity index (χ3n) is 7.51. The van der Waals surface area contributed by atoms with E-state index in [-0.39, 0.29) is 17.7 Å². The number of rotatable bonds is 12. The van der Waals surface area contributed by atoms with Gasteiger partial charge in [0.25, 0.3) is 5.91 Å². The Hall–Kier alpha value is -3.48. The van der Waals surface area contributed by atoms with Crippen molar-refractivity contribution < 1.29 is 14.4 Å². The molecule has 7 heteroatoms. The summed E-state index contributed by atoms with van der Waals surface area (Å²) in [5.74, 6) is -1.49. The molecule has 1 heterocycles. The summed E-state index contributed by atoms with van der Waals surface area (Å²) in [6, 6.07) is 17.5. The van der Waals surface area contributed by atoms with Crippen LogP contribution in [0.25, 0.3) is 0 Å². The lowest BCUT2D eigenvalue weighted by atomic mass is 9.81. The van der Waals surface area contributed by atoms with E-state index in [9.17, 15) is 14.4 Å². The summed E-state index contributed by atoms with van der Waals surface area (Å²) in [4.78, 5) is 46.8. The number of benzene rings is 2. The Labute approximate surface area is 225 Å². The highest BCUT2D eigenvalue weighted by Gasteiger charge is 2.38. The van der Waals surface area contributed by atoms with Crippen LogP contribution in [0.1, 0.15) is 70.4 Å². The maximum Gasteiger partial charge on any atom is 0.272 e. The summed E-state index contributed by atoms with van der Waals surface area (Å²) < 4.78 is 0. The zero-order valence-electron chi connectivity index (χ0n) is 22.7. The highest BCUT2D eigenvalue weighted by Crippen LogP contribution is 2.35. The molecule has 1 unspecified atom stereocenters. The zero-order chi connectivity index (χ0) is 27.2. The van der Waals surface area contributed by atoms with E-state index in [2.05, 4.69) is 5.32 Å². The molecule has 0 aromatic heterocycles. The Morgan fingerprint density at radius 3 is 2.37 bits per heavy atom. The molecule has 1 saturated carbocycles. The minimum atomic E-state index is -1.10. The fourth-order valence-electron chi connectivity index (χ4n) is 5.35. The number of para-hydroxylation sites is 1. The van der Waals surface area contributed by atoms with E-state index in [1.54, 1.807) is 4.90 Å². The van der Waals surface area contributed by atoms with Crippen LogP contribution in [0.15, 0.2) is 59.6 Å². The third-order valence-corrected chi connectivity index (χ3v) is 7.51. The molecule has 0 bridgehead atoms. The Morgan fingerprint density at radius 2 is 1.74 bits per heavy atom. The van der Waals surface area contributed by atoms with Gasteiger partial charge in [-0.1, -0.05) is 88.6 Å². The van der Waals surface area contributed by atoms with Crippen LogP contribution in [-0.4, -0.2) is 36.1 Å². The van der Waals surface area contributed by atoms with E-state index in [0.29, 0.717) is 31.0 Å². The molecule has 7 nitrogen and oxygen atoms in total. The molecule has 38 heavy (non-hydrogen) atoms. The van der Waals surface area contributed by atoms with Gasteiger partial charge in [-0.05, 0) is 37.2 Å². The molecule has 202 valence electrons. The number of primary amides is 1. The molecule has 1 aliphatic heterocycles. The quantitative estimate of drug-likeness (QED) is 0.428. The number of nitrogens with two attached hydrogens (primary N) is 1. The molecule has 0 saturated heterocycles. The van der Waals surface area contributed by atoms with Gasteiger partial charge in [-0.25, -0.2) is 4.99 Å². The van der Waals surface area contributed by atoms with Crippen molar-refractivity contribution in [1.82, 2.24) is 5.32 Å². The summed E-state index contributed by atoms with van der Waals surface area (Å²) in [6.45, 7) is 6.58. The molecule has 1 aliphatic carbocycles. The minimum absolute atomic E-state index is 0.178. The van der Waals surface area contributed by atoms with Crippen LogP contribution in [0, 0.1) is 23.7 Å². The average molecular weight is 517 g/mol. The van der Waals surface area contributed by atoms with E-state index >= 15 is 0 Å². The molecule has 2 aliphatic rings. The van der Waals surface area contributed by atoms with E-state index in [1.165, 1.54) is 12.8 Å². The Kier molecular flexibility index (Phi) is 8.97. The van der Waals surface area contributed by atoms with Crippen molar-refractivity contribution in [2.75, 3.05) is 11.4 Å². The van der Waals surface area contributed by atoms with Gasteiger partial charge in [0.1, 0.15) is 0 Å². The fourth-order valence-corrected chi connectivity index (χ4v) is 5.35. The fraction of sp³-hybridized carbons (Fsp3) is 0.484. The summed E-state index contributed by atoms with van der Waals surface area (Å²) >= 11 is 0. The van der Waals surface area contributed by atoms with Gasteiger partial charge in [0.05, 0.1) is 11.4 Å². The normalized spacial score (nSPS) is 18.8. The predicted molar refractivity (Wildman–Crippen MR) is 151 cm³/mol. The topological polar surface area (TPSA) is 105 Å². The number of nitrogens with one attached hydrogen (secondary N) is 1. The lowest BCUT2D eigenvalue weighted by molar-refractivity contribution is -0.136. The second kappa shape index (κ2) is 12.4. The first kappa shape index (κ1) is 27.6. The number of carbonyl (C=O) groups is 3. The number of hydrogen-bond acceptors (Lipinski definition) is 4. The lowest BCUT2D eigenvalue weighted by Crippen LogP contribution is -2.51. The number of aliphatic imine (C=N–C) groups is 1. The number of fused-ring (bicyclic) bond motifs is 1. The molecule has 1 fully saturated rings. The SMILES string of the molecule is CCC[C@H](C(N)=O)[C@@H](CC(C)C)C(=O)NC1N=C(c2ccccc2)c2ccccc2N(CCC2CC2)C1=O. The van der Waals surface area contributed by atoms with Gasteiger partial charge < -0.3 is 16.0 Å². The van der Waals surface area contributed by atoms with E-state index in [4.69, 9.17) is 10.7 Å². The van der Waals surface area contributed by atoms with Gasteiger partial charge >= 0.3 is 0 Å². The minimum Gasteiger partial charge on any atom is -0.369 e. The number of hydrogen-bond donors (Lipinski definition) is 2. The summed E-state index contributed by atoms with van der Waals surface area (Å²) in [5, 5.41) is 2.95. The number of anilines is 1. The van der Waals surface area contributed by atoms with Crippen molar-refractivity contribution in [3.8, 4) is 0 Å². The average Bonchev–Trinajstić information content (AvgIpc) is 3.74. The molecule has 0 spiro atoms. The molecule has 3 N–H and O–H groups in total. The van der Waals surface area contributed by atoms with Crippen LogP contribution in [0.2, 0.25) is 0 Å². The van der Waals surface area contributed by atoms with Crippen molar-refractivity contribution in [2.45, 2.75) is 65.5 Å². The highest BCUT2D eigenvalue weighted by atomic mass is 16.2. The van der Waals surface area contributed by atoms with Crippen LogP contribution in [0.4, 0.5) is 5.69 Å². The van der Waals surface area contributed by atoms with Crippen molar-refractivity contribution >= 4 is 29.1 Å². The Balaban J connectivity index is 1.74. The first-order chi connectivity index (χ1) is 18.3. The van der Waals surface area contributed by atoms with Gasteiger partial charge in [0.15, 0.2) is 0 Å². The van der Waals surface area contributed by atoms with Gasteiger partial charge in [-0.3, -0.25) is 14.4 Å². The summed E-state index contributed by atoms with van der Waals surface area (Å²) in [5.41, 5.74) is 8.95.